The number of benzene rings is 2. The predicted molar refractivity (Wildman–Crippen MR) is 112 cm³/mol. The average Bonchev–Trinajstić information content (AvgIpc) is 2.72. The van der Waals surface area contributed by atoms with Crippen LogP contribution in [0.25, 0.3) is 0 Å². The van der Waals surface area contributed by atoms with Gasteiger partial charge in [-0.3, -0.25) is 0 Å². The van der Waals surface area contributed by atoms with Gasteiger partial charge >= 0.3 is 0 Å². The van der Waals surface area contributed by atoms with Gasteiger partial charge in [-0.1, -0.05) is 6.92 Å². The third-order valence-corrected chi connectivity index (χ3v) is 5.12. The number of rotatable bonds is 5. The molecule has 0 unspecified atom stereocenters. The number of anilines is 5. The molecule has 0 spiro atoms. The summed E-state index contributed by atoms with van der Waals surface area (Å²) in [6.07, 6.45) is 4.06. The third kappa shape index (κ3) is 4.80. The Morgan fingerprint density at radius 1 is 0.897 bits per heavy atom. The number of hydrogen-bond acceptors (Lipinski definition) is 5. The van der Waals surface area contributed by atoms with Crippen LogP contribution < -0.4 is 15.5 Å². The van der Waals surface area contributed by atoms with Crippen molar-refractivity contribution in [2.75, 3.05) is 28.6 Å². The standard InChI is InChI=1S/C22H23F2N5/c1-15-9-12-29(13-10-15)18-5-2-16(3-6-18)26-21-8-11-25-22(28-21)27-17-4-7-19(23)20(24)14-17/h2-8,11,14-15H,9-10,12-13H2,1H3,(H2,25,26,27,28). The molecule has 1 fully saturated rings. The van der Waals surface area contributed by atoms with Crippen molar-refractivity contribution in [2.24, 2.45) is 5.92 Å². The van der Waals surface area contributed by atoms with Gasteiger partial charge in [-0.2, -0.15) is 4.98 Å². The summed E-state index contributed by atoms with van der Waals surface area (Å²) >= 11 is 0. The molecule has 29 heavy (non-hydrogen) atoms. The van der Waals surface area contributed by atoms with Crippen LogP contribution in [0.4, 0.5) is 37.6 Å². The molecule has 0 amide bonds. The minimum atomic E-state index is -0.924. The lowest BCUT2D eigenvalue weighted by atomic mass is 9.99. The zero-order valence-electron chi connectivity index (χ0n) is 16.2. The van der Waals surface area contributed by atoms with Gasteiger partial charge in [-0.15, -0.1) is 0 Å². The monoisotopic (exact) mass is 395 g/mol. The van der Waals surface area contributed by atoms with E-state index in [1.165, 1.54) is 24.6 Å². The molecule has 3 aromatic rings. The highest BCUT2D eigenvalue weighted by molar-refractivity contribution is 5.62. The van der Waals surface area contributed by atoms with Crippen LogP contribution in [-0.2, 0) is 0 Å². The van der Waals surface area contributed by atoms with Gasteiger partial charge in [0.05, 0.1) is 0 Å². The lowest BCUT2D eigenvalue weighted by Crippen LogP contribution is -2.32. The van der Waals surface area contributed by atoms with Gasteiger partial charge in [-0.05, 0) is 61.2 Å². The molecule has 1 aromatic heterocycles. The van der Waals surface area contributed by atoms with Crippen LogP contribution in [0.15, 0.2) is 54.7 Å². The Kier molecular flexibility index (Phi) is 5.55. The maximum atomic E-state index is 13.4. The largest absolute Gasteiger partial charge is 0.372 e. The zero-order valence-corrected chi connectivity index (χ0v) is 16.2. The Morgan fingerprint density at radius 2 is 1.62 bits per heavy atom. The molecule has 0 bridgehead atoms. The lowest BCUT2D eigenvalue weighted by molar-refractivity contribution is 0.438. The summed E-state index contributed by atoms with van der Waals surface area (Å²) in [4.78, 5) is 10.9. The Labute approximate surface area is 168 Å². The van der Waals surface area contributed by atoms with Crippen molar-refractivity contribution in [1.29, 1.82) is 0 Å². The smallest absolute Gasteiger partial charge is 0.229 e. The van der Waals surface area contributed by atoms with E-state index in [1.807, 2.05) is 12.1 Å². The topological polar surface area (TPSA) is 53.1 Å². The number of nitrogens with one attached hydrogen (secondary N) is 2. The molecule has 5 nitrogen and oxygen atoms in total. The average molecular weight is 395 g/mol. The highest BCUT2D eigenvalue weighted by Crippen LogP contribution is 2.25. The lowest BCUT2D eigenvalue weighted by Gasteiger charge is -2.32. The highest BCUT2D eigenvalue weighted by Gasteiger charge is 2.15. The summed E-state index contributed by atoms with van der Waals surface area (Å²) in [6.45, 7) is 4.50. The molecule has 2 heterocycles. The van der Waals surface area contributed by atoms with E-state index >= 15 is 0 Å². The molecule has 0 radical (unpaired) electrons. The van der Waals surface area contributed by atoms with Crippen molar-refractivity contribution in [3.8, 4) is 0 Å². The van der Waals surface area contributed by atoms with Crippen molar-refractivity contribution in [1.82, 2.24) is 9.97 Å². The summed E-state index contributed by atoms with van der Waals surface area (Å²) in [6, 6.07) is 13.6. The van der Waals surface area contributed by atoms with Crippen LogP contribution in [0.1, 0.15) is 19.8 Å². The highest BCUT2D eigenvalue weighted by atomic mass is 19.2. The second-order valence-electron chi connectivity index (χ2n) is 7.36. The molecule has 0 atom stereocenters. The Hall–Kier alpha value is -3.22. The van der Waals surface area contributed by atoms with Crippen LogP contribution in [0.2, 0.25) is 0 Å². The first-order valence-corrected chi connectivity index (χ1v) is 9.74. The van der Waals surface area contributed by atoms with E-state index in [-0.39, 0.29) is 0 Å². The van der Waals surface area contributed by atoms with E-state index in [2.05, 4.69) is 44.6 Å². The summed E-state index contributed by atoms with van der Waals surface area (Å²) in [5, 5.41) is 6.12. The SMILES string of the molecule is CC1CCN(c2ccc(Nc3ccnc(Nc4ccc(F)c(F)c4)n3)cc2)CC1. The fourth-order valence-corrected chi connectivity index (χ4v) is 3.36. The van der Waals surface area contributed by atoms with Crippen LogP contribution in [0, 0.1) is 17.6 Å². The Balaban J connectivity index is 1.41. The minimum absolute atomic E-state index is 0.292. The molecule has 1 saturated heterocycles. The van der Waals surface area contributed by atoms with Gasteiger partial charge in [0.1, 0.15) is 5.82 Å². The molecule has 0 saturated carbocycles. The van der Waals surface area contributed by atoms with Crippen LogP contribution in [-0.4, -0.2) is 23.1 Å². The first-order chi connectivity index (χ1) is 14.1. The number of aromatic nitrogens is 2. The first kappa shape index (κ1) is 19.1. The van der Waals surface area contributed by atoms with E-state index in [0.29, 0.717) is 17.5 Å². The summed E-state index contributed by atoms with van der Waals surface area (Å²) in [7, 11) is 0. The molecular weight excluding hydrogens is 372 g/mol. The van der Waals surface area contributed by atoms with Crippen LogP contribution in [0.3, 0.4) is 0 Å². The molecular formula is C22H23F2N5. The van der Waals surface area contributed by atoms with Crippen molar-refractivity contribution >= 4 is 28.8 Å². The number of hydrogen-bond donors (Lipinski definition) is 2. The number of piperidine rings is 1. The van der Waals surface area contributed by atoms with Gasteiger partial charge in [0.15, 0.2) is 11.6 Å². The van der Waals surface area contributed by atoms with Crippen molar-refractivity contribution in [2.45, 2.75) is 19.8 Å². The summed E-state index contributed by atoms with van der Waals surface area (Å²) in [5.74, 6) is -0.120. The predicted octanol–water partition coefficient (Wildman–Crippen LogP) is 5.48. The first-order valence-electron chi connectivity index (χ1n) is 9.74. The van der Waals surface area contributed by atoms with Crippen molar-refractivity contribution in [3.05, 3.63) is 66.4 Å². The molecule has 150 valence electrons. The second-order valence-corrected chi connectivity index (χ2v) is 7.36. The molecule has 2 aromatic carbocycles. The molecule has 7 heteroatoms. The van der Waals surface area contributed by atoms with E-state index < -0.39 is 11.6 Å². The number of nitrogens with zero attached hydrogens (tertiary/aromatic N) is 3. The minimum Gasteiger partial charge on any atom is -0.372 e. The van der Waals surface area contributed by atoms with Gasteiger partial charge < -0.3 is 15.5 Å². The molecule has 0 aliphatic carbocycles. The van der Waals surface area contributed by atoms with Crippen LogP contribution in [0.5, 0.6) is 0 Å². The summed E-state index contributed by atoms with van der Waals surface area (Å²) < 4.78 is 26.4. The fraction of sp³-hybridized carbons (Fsp3) is 0.273. The molecule has 4 rings (SSSR count). The van der Waals surface area contributed by atoms with E-state index in [1.54, 1.807) is 12.3 Å². The number of halogens is 2. The summed E-state index contributed by atoms with van der Waals surface area (Å²) in [5.41, 5.74) is 2.52. The maximum Gasteiger partial charge on any atom is 0.229 e. The van der Waals surface area contributed by atoms with E-state index in [4.69, 9.17) is 0 Å². The third-order valence-electron chi connectivity index (χ3n) is 5.12. The molecule has 1 aliphatic rings. The van der Waals surface area contributed by atoms with Gasteiger partial charge in [-0.25, -0.2) is 13.8 Å². The van der Waals surface area contributed by atoms with E-state index in [0.717, 1.165) is 36.8 Å². The van der Waals surface area contributed by atoms with Gasteiger partial charge in [0.25, 0.3) is 0 Å². The fourth-order valence-electron chi connectivity index (χ4n) is 3.36. The Bertz CT molecular complexity index is 969. The van der Waals surface area contributed by atoms with Gasteiger partial charge in [0.2, 0.25) is 5.95 Å². The second kappa shape index (κ2) is 8.43. The van der Waals surface area contributed by atoms with Crippen LogP contribution >= 0.6 is 0 Å². The van der Waals surface area contributed by atoms with E-state index in [9.17, 15) is 8.78 Å². The molecule has 2 N–H and O–H groups in total. The maximum absolute atomic E-state index is 13.4. The quantitative estimate of drug-likeness (QED) is 0.599. The van der Waals surface area contributed by atoms with Gasteiger partial charge in [0, 0.05) is 42.4 Å². The van der Waals surface area contributed by atoms with Crippen molar-refractivity contribution in [3.63, 3.8) is 0 Å². The molecule has 1 aliphatic heterocycles. The van der Waals surface area contributed by atoms with Crippen molar-refractivity contribution < 1.29 is 8.78 Å². The Morgan fingerprint density at radius 3 is 2.34 bits per heavy atom. The zero-order chi connectivity index (χ0) is 20.2. The normalized spacial score (nSPS) is 14.7.